The molecule has 0 bridgehead atoms. The van der Waals surface area contributed by atoms with E-state index in [0.29, 0.717) is 29.9 Å². The molecular weight excluding hydrogens is 316 g/mol. The molecule has 5 heteroatoms. The van der Waals surface area contributed by atoms with Gasteiger partial charge in [0.15, 0.2) is 0 Å². The van der Waals surface area contributed by atoms with Gasteiger partial charge in [0.05, 0.1) is 0 Å². The van der Waals surface area contributed by atoms with Crippen LogP contribution in [0.4, 0.5) is 0 Å². The van der Waals surface area contributed by atoms with Gasteiger partial charge in [-0.1, -0.05) is 12.1 Å². The number of likely N-dealkylation sites (tertiary alicyclic amines) is 1. The van der Waals surface area contributed by atoms with Gasteiger partial charge >= 0.3 is 0 Å². The quantitative estimate of drug-likeness (QED) is 0.910. The maximum atomic E-state index is 11.5. The van der Waals surface area contributed by atoms with Crippen LogP contribution in [-0.4, -0.2) is 36.7 Å². The van der Waals surface area contributed by atoms with Crippen LogP contribution < -0.4 is 10.1 Å². The molecule has 130 valence electrons. The van der Waals surface area contributed by atoms with Gasteiger partial charge in [0, 0.05) is 45.1 Å². The molecule has 0 radical (unpaired) electrons. The van der Waals surface area contributed by atoms with Crippen molar-refractivity contribution >= 4 is 11.7 Å². The predicted octanol–water partition coefficient (Wildman–Crippen LogP) is 3.00. The number of Topliss-reactive ketones (excluding diaryl/α,β-unsaturated/α-hetero) is 1. The number of amides is 1. The summed E-state index contributed by atoms with van der Waals surface area (Å²) >= 11 is 0. The van der Waals surface area contributed by atoms with Crippen molar-refractivity contribution in [1.29, 1.82) is 0 Å². The fraction of sp³-hybridized carbons (Fsp3) is 0.300. The minimum absolute atomic E-state index is 0.115. The van der Waals surface area contributed by atoms with Crippen LogP contribution in [0.2, 0.25) is 0 Å². The number of hydrogen-bond acceptors (Lipinski definition) is 4. The van der Waals surface area contributed by atoms with E-state index in [-0.39, 0.29) is 5.91 Å². The van der Waals surface area contributed by atoms with Gasteiger partial charge in [-0.25, -0.2) is 0 Å². The lowest BCUT2D eigenvalue weighted by molar-refractivity contribution is -0.121. The second-order valence-electron chi connectivity index (χ2n) is 6.16. The molecule has 0 aliphatic carbocycles. The van der Waals surface area contributed by atoms with Crippen molar-refractivity contribution in [3.05, 3.63) is 59.7 Å². The second kappa shape index (κ2) is 7.94. The molecule has 1 fully saturated rings. The minimum Gasteiger partial charge on any atom is -0.457 e. The van der Waals surface area contributed by atoms with Crippen LogP contribution in [0.3, 0.4) is 0 Å². The number of carbonyl (C=O) groups excluding carboxylic acids is 2. The van der Waals surface area contributed by atoms with Crippen molar-refractivity contribution in [2.24, 2.45) is 0 Å². The highest BCUT2D eigenvalue weighted by Crippen LogP contribution is 2.23. The lowest BCUT2D eigenvalue weighted by Crippen LogP contribution is -2.33. The molecule has 2 aromatic rings. The van der Waals surface area contributed by atoms with E-state index < -0.39 is 0 Å². The SMILES string of the molecule is CNC(=O)c1ccc(Oc2ccc(CN3CCC(=O)CC3)cc2)cc1. The number of benzene rings is 2. The van der Waals surface area contributed by atoms with Crippen molar-refractivity contribution in [3.63, 3.8) is 0 Å². The summed E-state index contributed by atoms with van der Waals surface area (Å²) < 4.78 is 5.82. The molecule has 1 saturated heterocycles. The third-order valence-electron chi connectivity index (χ3n) is 4.32. The summed E-state index contributed by atoms with van der Waals surface area (Å²) in [5.41, 5.74) is 1.81. The number of carbonyl (C=O) groups is 2. The topological polar surface area (TPSA) is 58.6 Å². The first-order valence-electron chi connectivity index (χ1n) is 8.47. The number of ketones is 1. The molecule has 5 nitrogen and oxygen atoms in total. The van der Waals surface area contributed by atoms with E-state index in [1.807, 2.05) is 24.3 Å². The number of piperidine rings is 1. The standard InChI is InChI=1S/C20H22N2O3/c1-21-20(24)16-4-8-19(9-5-16)25-18-6-2-15(3-7-18)14-22-12-10-17(23)11-13-22/h2-9H,10-14H2,1H3,(H,21,24). The van der Waals surface area contributed by atoms with Crippen molar-refractivity contribution < 1.29 is 14.3 Å². The molecule has 2 aromatic carbocycles. The summed E-state index contributed by atoms with van der Waals surface area (Å²) in [4.78, 5) is 25.1. The highest BCUT2D eigenvalue weighted by atomic mass is 16.5. The van der Waals surface area contributed by atoms with Crippen molar-refractivity contribution in [2.45, 2.75) is 19.4 Å². The highest BCUT2D eigenvalue weighted by molar-refractivity contribution is 5.94. The lowest BCUT2D eigenvalue weighted by Gasteiger charge is -2.25. The molecule has 25 heavy (non-hydrogen) atoms. The van der Waals surface area contributed by atoms with Gasteiger partial charge in [0.2, 0.25) is 0 Å². The Morgan fingerprint density at radius 1 is 1.00 bits per heavy atom. The van der Waals surface area contributed by atoms with E-state index in [0.717, 1.165) is 25.4 Å². The lowest BCUT2D eigenvalue weighted by atomic mass is 10.1. The maximum Gasteiger partial charge on any atom is 0.251 e. The average Bonchev–Trinajstić information content (AvgIpc) is 2.65. The van der Waals surface area contributed by atoms with Crippen molar-refractivity contribution in [1.82, 2.24) is 10.2 Å². The van der Waals surface area contributed by atoms with Crippen molar-refractivity contribution in [3.8, 4) is 11.5 Å². The molecule has 1 amide bonds. The summed E-state index contributed by atoms with van der Waals surface area (Å²) in [6, 6.07) is 15.0. The van der Waals surface area contributed by atoms with Crippen LogP contribution in [0.25, 0.3) is 0 Å². The zero-order chi connectivity index (χ0) is 17.6. The van der Waals surface area contributed by atoms with Gasteiger partial charge < -0.3 is 10.1 Å². The van der Waals surface area contributed by atoms with Gasteiger partial charge in [-0.3, -0.25) is 14.5 Å². The first-order chi connectivity index (χ1) is 12.1. The van der Waals surface area contributed by atoms with E-state index in [1.54, 1.807) is 31.3 Å². The first kappa shape index (κ1) is 17.2. The third kappa shape index (κ3) is 4.67. The largest absolute Gasteiger partial charge is 0.457 e. The Balaban J connectivity index is 1.57. The van der Waals surface area contributed by atoms with Gasteiger partial charge in [-0.05, 0) is 42.0 Å². The minimum atomic E-state index is -0.115. The molecule has 1 N–H and O–H groups in total. The summed E-state index contributed by atoms with van der Waals surface area (Å²) in [6.45, 7) is 2.54. The van der Waals surface area contributed by atoms with Crippen LogP contribution in [0.15, 0.2) is 48.5 Å². The summed E-state index contributed by atoms with van der Waals surface area (Å²) in [6.07, 6.45) is 1.32. The molecular formula is C20H22N2O3. The van der Waals surface area contributed by atoms with Crippen molar-refractivity contribution in [2.75, 3.05) is 20.1 Å². The van der Waals surface area contributed by atoms with E-state index in [9.17, 15) is 9.59 Å². The summed E-state index contributed by atoms with van der Waals surface area (Å²) in [7, 11) is 1.61. The number of ether oxygens (including phenoxy) is 1. The van der Waals surface area contributed by atoms with Gasteiger partial charge in [-0.2, -0.15) is 0 Å². The number of hydrogen-bond donors (Lipinski definition) is 1. The fourth-order valence-electron chi connectivity index (χ4n) is 2.84. The summed E-state index contributed by atoms with van der Waals surface area (Å²) in [5.74, 6) is 1.69. The molecule has 0 unspecified atom stereocenters. The van der Waals surface area contributed by atoms with E-state index >= 15 is 0 Å². The normalized spacial score (nSPS) is 15.0. The Morgan fingerprint density at radius 2 is 1.56 bits per heavy atom. The van der Waals surface area contributed by atoms with Crippen LogP contribution >= 0.6 is 0 Å². The molecule has 0 aromatic heterocycles. The maximum absolute atomic E-state index is 11.5. The third-order valence-corrected chi connectivity index (χ3v) is 4.32. The zero-order valence-corrected chi connectivity index (χ0v) is 14.3. The van der Waals surface area contributed by atoms with E-state index in [4.69, 9.17) is 4.74 Å². The molecule has 3 rings (SSSR count). The van der Waals surface area contributed by atoms with Crippen LogP contribution in [0, 0.1) is 0 Å². The Kier molecular flexibility index (Phi) is 5.46. The Labute approximate surface area is 147 Å². The zero-order valence-electron chi connectivity index (χ0n) is 14.3. The smallest absolute Gasteiger partial charge is 0.251 e. The number of nitrogens with one attached hydrogen (secondary N) is 1. The Hall–Kier alpha value is -2.66. The number of nitrogens with zero attached hydrogens (tertiary/aromatic N) is 1. The predicted molar refractivity (Wildman–Crippen MR) is 95.9 cm³/mol. The van der Waals surface area contributed by atoms with Crippen LogP contribution in [0.5, 0.6) is 11.5 Å². The molecule has 1 aliphatic rings. The molecule has 1 heterocycles. The van der Waals surface area contributed by atoms with Gasteiger partial charge in [-0.15, -0.1) is 0 Å². The second-order valence-corrected chi connectivity index (χ2v) is 6.16. The molecule has 1 aliphatic heterocycles. The highest BCUT2D eigenvalue weighted by Gasteiger charge is 2.15. The molecule has 0 saturated carbocycles. The van der Waals surface area contributed by atoms with Crippen LogP contribution in [0.1, 0.15) is 28.8 Å². The molecule has 0 spiro atoms. The van der Waals surface area contributed by atoms with E-state index in [2.05, 4.69) is 10.2 Å². The Morgan fingerprint density at radius 3 is 2.12 bits per heavy atom. The van der Waals surface area contributed by atoms with Gasteiger partial charge in [0.1, 0.15) is 17.3 Å². The Bertz CT molecular complexity index is 729. The van der Waals surface area contributed by atoms with E-state index in [1.165, 1.54) is 5.56 Å². The molecule has 0 atom stereocenters. The summed E-state index contributed by atoms with van der Waals surface area (Å²) in [5, 5.41) is 2.59. The average molecular weight is 338 g/mol. The van der Waals surface area contributed by atoms with Gasteiger partial charge in [0.25, 0.3) is 5.91 Å². The first-order valence-corrected chi connectivity index (χ1v) is 8.47. The number of rotatable bonds is 5. The fourth-order valence-corrected chi connectivity index (χ4v) is 2.84. The monoisotopic (exact) mass is 338 g/mol. The van der Waals surface area contributed by atoms with Crippen LogP contribution in [-0.2, 0) is 11.3 Å².